The Hall–Kier alpha value is -0.0800. The SMILES string of the molecule is COCCCNC(C)C1CCCC1. The third kappa shape index (κ3) is 4.10. The van der Waals surface area contributed by atoms with Gasteiger partial charge in [-0.1, -0.05) is 12.8 Å². The summed E-state index contributed by atoms with van der Waals surface area (Å²) in [6.07, 6.45) is 6.87. The van der Waals surface area contributed by atoms with Crippen molar-refractivity contribution >= 4 is 0 Å². The number of hydrogen-bond acceptors (Lipinski definition) is 2. The quantitative estimate of drug-likeness (QED) is 0.640. The molecule has 1 saturated carbocycles. The molecule has 2 nitrogen and oxygen atoms in total. The Labute approximate surface area is 82.0 Å². The summed E-state index contributed by atoms with van der Waals surface area (Å²) in [5.41, 5.74) is 0. The smallest absolute Gasteiger partial charge is 0.0474 e. The normalized spacial score (nSPS) is 20.8. The number of nitrogens with one attached hydrogen (secondary N) is 1. The van der Waals surface area contributed by atoms with E-state index in [9.17, 15) is 0 Å². The molecule has 1 N–H and O–H groups in total. The van der Waals surface area contributed by atoms with E-state index >= 15 is 0 Å². The van der Waals surface area contributed by atoms with Gasteiger partial charge in [-0.25, -0.2) is 0 Å². The minimum absolute atomic E-state index is 0.708. The second-order valence-corrected chi connectivity index (χ2v) is 4.13. The standard InChI is InChI=1S/C11H23NO/c1-10(11-6-3-4-7-11)12-8-5-9-13-2/h10-12H,3-9H2,1-2H3. The summed E-state index contributed by atoms with van der Waals surface area (Å²) < 4.78 is 5.01. The molecule has 1 rings (SSSR count). The molecule has 1 fully saturated rings. The summed E-state index contributed by atoms with van der Waals surface area (Å²) in [5, 5.41) is 3.58. The van der Waals surface area contributed by atoms with E-state index in [1.807, 2.05) is 0 Å². The maximum atomic E-state index is 5.01. The van der Waals surface area contributed by atoms with E-state index in [-0.39, 0.29) is 0 Å². The van der Waals surface area contributed by atoms with E-state index in [0.29, 0.717) is 6.04 Å². The Morgan fingerprint density at radius 1 is 1.38 bits per heavy atom. The van der Waals surface area contributed by atoms with Gasteiger partial charge in [0, 0.05) is 19.8 Å². The first-order chi connectivity index (χ1) is 6.34. The van der Waals surface area contributed by atoms with Gasteiger partial charge in [-0.05, 0) is 38.6 Å². The molecule has 0 saturated heterocycles. The average Bonchev–Trinajstić information content (AvgIpc) is 2.65. The van der Waals surface area contributed by atoms with Crippen molar-refractivity contribution in [1.29, 1.82) is 0 Å². The molecular formula is C11H23NO. The Kier molecular flexibility index (Phi) is 5.40. The van der Waals surface area contributed by atoms with E-state index in [1.165, 1.54) is 25.7 Å². The summed E-state index contributed by atoms with van der Waals surface area (Å²) in [5.74, 6) is 0.933. The minimum atomic E-state index is 0.708. The first-order valence-corrected chi connectivity index (χ1v) is 5.57. The van der Waals surface area contributed by atoms with Crippen LogP contribution in [0.3, 0.4) is 0 Å². The Balaban J connectivity index is 1.99. The largest absolute Gasteiger partial charge is 0.385 e. The molecule has 0 heterocycles. The third-order valence-corrected chi connectivity index (χ3v) is 3.10. The summed E-state index contributed by atoms with van der Waals surface area (Å²) in [4.78, 5) is 0. The van der Waals surface area contributed by atoms with Gasteiger partial charge >= 0.3 is 0 Å². The molecule has 0 radical (unpaired) electrons. The second-order valence-electron chi connectivity index (χ2n) is 4.13. The van der Waals surface area contributed by atoms with E-state index in [0.717, 1.165) is 25.5 Å². The lowest BCUT2D eigenvalue weighted by atomic mass is 10.00. The van der Waals surface area contributed by atoms with Crippen molar-refractivity contribution in [2.45, 2.75) is 45.1 Å². The Bertz CT molecular complexity index is 121. The predicted octanol–water partition coefficient (Wildman–Crippen LogP) is 2.19. The molecule has 0 spiro atoms. The lowest BCUT2D eigenvalue weighted by molar-refractivity contribution is 0.192. The Morgan fingerprint density at radius 3 is 2.69 bits per heavy atom. The highest BCUT2D eigenvalue weighted by Crippen LogP contribution is 2.27. The molecule has 1 unspecified atom stereocenters. The van der Waals surface area contributed by atoms with E-state index < -0.39 is 0 Å². The molecule has 0 aromatic rings. The van der Waals surface area contributed by atoms with E-state index in [1.54, 1.807) is 7.11 Å². The van der Waals surface area contributed by atoms with Gasteiger partial charge in [0.15, 0.2) is 0 Å². The topological polar surface area (TPSA) is 21.3 Å². The molecule has 2 heteroatoms. The van der Waals surface area contributed by atoms with Crippen LogP contribution in [0.5, 0.6) is 0 Å². The number of ether oxygens (including phenoxy) is 1. The molecule has 0 amide bonds. The number of hydrogen-bond donors (Lipinski definition) is 1. The van der Waals surface area contributed by atoms with Gasteiger partial charge < -0.3 is 10.1 Å². The summed E-state index contributed by atoms with van der Waals surface area (Å²) in [6, 6.07) is 0.708. The highest BCUT2D eigenvalue weighted by Gasteiger charge is 2.20. The van der Waals surface area contributed by atoms with Gasteiger partial charge in [-0.2, -0.15) is 0 Å². The van der Waals surface area contributed by atoms with Gasteiger partial charge in [0.05, 0.1) is 0 Å². The molecule has 0 aromatic carbocycles. The van der Waals surface area contributed by atoms with E-state index in [4.69, 9.17) is 4.74 Å². The zero-order valence-electron chi connectivity index (χ0n) is 9.01. The van der Waals surface area contributed by atoms with Crippen LogP contribution in [0.1, 0.15) is 39.0 Å². The van der Waals surface area contributed by atoms with Crippen LogP contribution < -0.4 is 5.32 Å². The molecule has 78 valence electrons. The zero-order chi connectivity index (χ0) is 9.52. The van der Waals surface area contributed by atoms with Crippen molar-refractivity contribution in [2.24, 2.45) is 5.92 Å². The lowest BCUT2D eigenvalue weighted by Crippen LogP contribution is -2.33. The number of rotatable bonds is 6. The number of methoxy groups -OCH3 is 1. The summed E-state index contributed by atoms with van der Waals surface area (Å²) in [6.45, 7) is 4.30. The van der Waals surface area contributed by atoms with Crippen LogP contribution in [-0.4, -0.2) is 26.3 Å². The van der Waals surface area contributed by atoms with Crippen LogP contribution in [-0.2, 0) is 4.74 Å². The fourth-order valence-corrected chi connectivity index (χ4v) is 2.17. The maximum Gasteiger partial charge on any atom is 0.0474 e. The highest BCUT2D eigenvalue weighted by molar-refractivity contribution is 4.76. The van der Waals surface area contributed by atoms with Crippen molar-refractivity contribution in [1.82, 2.24) is 5.32 Å². The predicted molar refractivity (Wildman–Crippen MR) is 55.9 cm³/mol. The highest BCUT2D eigenvalue weighted by atomic mass is 16.5. The second kappa shape index (κ2) is 6.39. The van der Waals surface area contributed by atoms with Gasteiger partial charge in [0.25, 0.3) is 0 Å². The Morgan fingerprint density at radius 2 is 2.08 bits per heavy atom. The fourth-order valence-electron chi connectivity index (χ4n) is 2.17. The van der Waals surface area contributed by atoms with Crippen molar-refractivity contribution in [2.75, 3.05) is 20.3 Å². The van der Waals surface area contributed by atoms with Crippen LogP contribution in [0.15, 0.2) is 0 Å². The van der Waals surface area contributed by atoms with Gasteiger partial charge in [-0.3, -0.25) is 0 Å². The van der Waals surface area contributed by atoms with E-state index in [2.05, 4.69) is 12.2 Å². The van der Waals surface area contributed by atoms with Crippen molar-refractivity contribution in [3.63, 3.8) is 0 Å². The van der Waals surface area contributed by atoms with Crippen molar-refractivity contribution < 1.29 is 4.74 Å². The van der Waals surface area contributed by atoms with Crippen molar-refractivity contribution in [3.05, 3.63) is 0 Å². The third-order valence-electron chi connectivity index (χ3n) is 3.10. The fraction of sp³-hybridized carbons (Fsp3) is 1.00. The zero-order valence-corrected chi connectivity index (χ0v) is 9.01. The maximum absolute atomic E-state index is 5.01. The monoisotopic (exact) mass is 185 g/mol. The summed E-state index contributed by atoms with van der Waals surface area (Å²) >= 11 is 0. The summed E-state index contributed by atoms with van der Waals surface area (Å²) in [7, 11) is 1.76. The van der Waals surface area contributed by atoms with Gasteiger partial charge in [0.1, 0.15) is 0 Å². The van der Waals surface area contributed by atoms with Crippen molar-refractivity contribution in [3.8, 4) is 0 Å². The van der Waals surface area contributed by atoms with Crippen LogP contribution in [0.25, 0.3) is 0 Å². The van der Waals surface area contributed by atoms with Crippen LogP contribution >= 0.6 is 0 Å². The molecule has 0 bridgehead atoms. The van der Waals surface area contributed by atoms with Crippen LogP contribution in [0, 0.1) is 5.92 Å². The molecule has 1 aliphatic rings. The van der Waals surface area contributed by atoms with Gasteiger partial charge in [0.2, 0.25) is 0 Å². The average molecular weight is 185 g/mol. The molecule has 13 heavy (non-hydrogen) atoms. The minimum Gasteiger partial charge on any atom is -0.385 e. The molecule has 0 aliphatic heterocycles. The lowest BCUT2D eigenvalue weighted by Gasteiger charge is -2.20. The van der Waals surface area contributed by atoms with Gasteiger partial charge in [-0.15, -0.1) is 0 Å². The first-order valence-electron chi connectivity index (χ1n) is 5.57. The first kappa shape index (κ1) is 11.0. The molecule has 1 aliphatic carbocycles. The van der Waals surface area contributed by atoms with Crippen LogP contribution in [0.4, 0.5) is 0 Å². The molecular weight excluding hydrogens is 162 g/mol. The molecule has 0 aromatic heterocycles. The molecule has 1 atom stereocenters. The van der Waals surface area contributed by atoms with Crippen LogP contribution in [0.2, 0.25) is 0 Å².